The van der Waals surface area contributed by atoms with E-state index in [9.17, 15) is 40.2 Å². The smallest absolute Gasteiger partial charge is 0.264 e. The van der Waals surface area contributed by atoms with Crippen molar-refractivity contribution in [1.82, 2.24) is 15.0 Å². The summed E-state index contributed by atoms with van der Waals surface area (Å²) in [5.74, 6) is -2.47. The van der Waals surface area contributed by atoms with Gasteiger partial charge in [0.2, 0.25) is 0 Å². The van der Waals surface area contributed by atoms with E-state index in [1.54, 1.807) is 29.9 Å². The first-order chi connectivity index (χ1) is 25.8. The van der Waals surface area contributed by atoms with Crippen LogP contribution in [0.15, 0.2) is 90.2 Å². The van der Waals surface area contributed by atoms with E-state index in [4.69, 9.17) is 4.74 Å². The Morgan fingerprint density at radius 2 is 1.76 bits per heavy atom. The van der Waals surface area contributed by atoms with Crippen molar-refractivity contribution in [3.63, 3.8) is 0 Å². The van der Waals surface area contributed by atoms with Crippen LogP contribution in [0.5, 0.6) is 0 Å². The molecule has 7 N–H and O–H groups in total. The third-order valence-electron chi connectivity index (χ3n) is 10.0. The van der Waals surface area contributed by atoms with Gasteiger partial charge in [-0.1, -0.05) is 77.9 Å². The highest BCUT2D eigenvalue weighted by Crippen LogP contribution is 2.46. The maximum absolute atomic E-state index is 14.2. The number of nitrogens with zero attached hydrogens (tertiary/aromatic N) is 4. The zero-order valence-electron chi connectivity index (χ0n) is 31.0. The van der Waals surface area contributed by atoms with Crippen molar-refractivity contribution in [2.24, 2.45) is 5.92 Å². The average molecular weight is 746 g/mol. The van der Waals surface area contributed by atoms with Crippen molar-refractivity contribution >= 4 is 23.2 Å². The molecule has 1 saturated heterocycles. The van der Waals surface area contributed by atoms with Gasteiger partial charge in [0.05, 0.1) is 23.9 Å². The highest BCUT2D eigenvalue weighted by Gasteiger charge is 2.52. The van der Waals surface area contributed by atoms with Crippen LogP contribution in [0.4, 0.5) is 11.4 Å². The second-order valence-electron chi connectivity index (χ2n) is 14.3. The predicted octanol–water partition coefficient (Wildman–Crippen LogP) is 2.65. The van der Waals surface area contributed by atoms with Crippen molar-refractivity contribution in [3.05, 3.63) is 107 Å². The Morgan fingerprint density at radius 1 is 1.02 bits per heavy atom. The van der Waals surface area contributed by atoms with Gasteiger partial charge in [0.25, 0.3) is 11.8 Å². The first-order valence-corrected chi connectivity index (χ1v) is 18.1. The number of fused-ring (bicyclic) bond motifs is 1. The Morgan fingerprint density at radius 3 is 2.46 bits per heavy atom. The van der Waals surface area contributed by atoms with Crippen LogP contribution in [0, 0.1) is 5.92 Å². The van der Waals surface area contributed by atoms with Crippen molar-refractivity contribution in [3.8, 4) is 0 Å². The largest absolute Gasteiger partial charge is 0.395 e. The quantitative estimate of drug-likeness (QED) is 0.113. The van der Waals surface area contributed by atoms with E-state index in [2.05, 4.69) is 21.7 Å². The van der Waals surface area contributed by atoms with Gasteiger partial charge in [-0.25, -0.2) is 0 Å². The van der Waals surface area contributed by atoms with Gasteiger partial charge in [0.15, 0.2) is 18.0 Å². The number of aliphatic hydroxyl groups excluding tert-OH is 5. The fraction of sp³-hybridized carbons (Fsp3) is 0.450. The molecule has 0 aliphatic carbocycles. The van der Waals surface area contributed by atoms with Crippen LogP contribution in [0.2, 0.25) is 0 Å². The molecule has 0 saturated carbocycles. The molecule has 2 aliphatic rings. The maximum atomic E-state index is 14.2. The zero-order valence-corrected chi connectivity index (χ0v) is 31.0. The van der Waals surface area contributed by atoms with E-state index >= 15 is 0 Å². The monoisotopic (exact) mass is 745 g/mol. The molecule has 1 aromatic heterocycles. The lowest BCUT2D eigenvalue weighted by Crippen LogP contribution is -2.60. The highest BCUT2D eigenvalue weighted by atomic mass is 16.6. The summed E-state index contributed by atoms with van der Waals surface area (Å²) in [6.07, 6.45) is 2.62. The molecule has 0 spiro atoms. The number of anilines is 2. The number of amides is 2. The van der Waals surface area contributed by atoms with Gasteiger partial charge in [0.1, 0.15) is 18.3 Å². The Balaban J connectivity index is 1.35. The van der Waals surface area contributed by atoms with E-state index in [1.165, 1.54) is 22.6 Å². The minimum atomic E-state index is -2.02. The molecule has 2 aliphatic heterocycles. The number of nitrogens with one attached hydrogen (secondary N) is 1. The molecule has 1 unspecified atom stereocenters. The topological polar surface area (TPSA) is 211 Å². The summed E-state index contributed by atoms with van der Waals surface area (Å²) in [6, 6.07) is 14.2. The number of carbonyl (C=O) groups excluding carboxylic acids is 2. The number of rotatable bonds is 15. The Labute approximate surface area is 314 Å². The summed E-state index contributed by atoms with van der Waals surface area (Å²) in [7, 11) is 0. The predicted molar refractivity (Wildman–Crippen MR) is 201 cm³/mol. The number of hydrogen-bond acceptors (Lipinski definition) is 11. The number of hydrogen-bond donors (Lipinski definition) is 7. The SMILES string of the molecule is CC(C)=CCC/C(C)=C/CN1C(=O)[C@@](O)([C@@H](C)/C=C/CCn2cc(C(CO)c3ccccc3)nn2)c2cc(NC(=O)[C@H]3O[C@@H](O)[C@H](O)[C@@H](O)[C@@H]3O)ccc21. The minimum Gasteiger partial charge on any atom is -0.395 e. The van der Waals surface area contributed by atoms with Crippen molar-refractivity contribution in [2.75, 3.05) is 23.4 Å². The second kappa shape index (κ2) is 17.7. The van der Waals surface area contributed by atoms with Crippen LogP contribution >= 0.6 is 0 Å². The molecule has 0 radical (unpaired) electrons. The van der Waals surface area contributed by atoms with Crippen LogP contribution in [0.3, 0.4) is 0 Å². The van der Waals surface area contributed by atoms with Crippen molar-refractivity contribution in [1.29, 1.82) is 0 Å². The van der Waals surface area contributed by atoms with E-state index < -0.39 is 54.0 Å². The fourth-order valence-corrected chi connectivity index (χ4v) is 6.72. The molecule has 5 rings (SSSR count). The van der Waals surface area contributed by atoms with E-state index in [0.717, 1.165) is 24.0 Å². The Bertz CT molecular complexity index is 1860. The van der Waals surface area contributed by atoms with Crippen LogP contribution < -0.4 is 10.2 Å². The average Bonchev–Trinajstić information content (AvgIpc) is 3.70. The maximum Gasteiger partial charge on any atom is 0.264 e. The molecule has 1 fully saturated rings. The first-order valence-electron chi connectivity index (χ1n) is 18.1. The summed E-state index contributed by atoms with van der Waals surface area (Å²) in [5, 5.41) is 73.5. The highest BCUT2D eigenvalue weighted by molar-refractivity contribution is 6.08. The van der Waals surface area contributed by atoms with Gasteiger partial charge in [0, 0.05) is 36.5 Å². The summed E-state index contributed by atoms with van der Waals surface area (Å²) in [5.41, 5.74) is 2.75. The van der Waals surface area contributed by atoms with Gasteiger partial charge in [-0.15, -0.1) is 5.10 Å². The molecule has 3 heterocycles. The van der Waals surface area contributed by atoms with Crippen molar-refractivity contribution < 1.29 is 45.0 Å². The van der Waals surface area contributed by atoms with E-state index in [1.807, 2.05) is 63.3 Å². The van der Waals surface area contributed by atoms with Gasteiger partial charge in [-0.2, -0.15) is 0 Å². The number of carbonyl (C=O) groups is 2. The van der Waals surface area contributed by atoms with Crippen LogP contribution in [0.1, 0.15) is 69.7 Å². The van der Waals surface area contributed by atoms with Crippen molar-refractivity contribution in [2.45, 2.75) is 95.7 Å². The Hall–Kier alpha value is -4.54. The fourth-order valence-electron chi connectivity index (χ4n) is 6.72. The van der Waals surface area contributed by atoms with Crippen LogP contribution in [0.25, 0.3) is 0 Å². The molecule has 3 aromatic rings. The second-order valence-corrected chi connectivity index (χ2v) is 14.3. The molecule has 0 bridgehead atoms. The van der Waals surface area contributed by atoms with Gasteiger partial charge in [-0.05, 0) is 63.8 Å². The summed E-state index contributed by atoms with van der Waals surface area (Å²) in [6.45, 7) is 8.36. The van der Waals surface area contributed by atoms with Crippen LogP contribution in [-0.4, -0.2) is 101 Å². The standard InChI is InChI=1S/C40H51N5O9/c1-24(2)11-10-12-25(3)18-20-45-32-17-16-28(41-37(50)36-34(48)33(47)35(49)38(51)54-36)21-30(32)40(53,39(45)52)26(4)13-8-9-19-44-22-31(42-43-44)29(23-46)27-14-6-5-7-15-27/h5-8,11,13-18,21-22,26,29,33-36,38,46-49,51,53H,9-10,12,19-20,23H2,1-4H3,(H,41,50)/b13-8+,25-18+/t26-,29?,33-,34-,35+,36-,38+,40+/m0/s1. The van der Waals surface area contributed by atoms with Gasteiger partial charge < -0.3 is 45.6 Å². The van der Waals surface area contributed by atoms with Crippen LogP contribution in [-0.2, 0) is 26.5 Å². The molecule has 14 nitrogen and oxygen atoms in total. The lowest BCUT2D eigenvalue weighted by Gasteiger charge is -2.37. The summed E-state index contributed by atoms with van der Waals surface area (Å²) in [4.78, 5) is 28.8. The number of allylic oxidation sites excluding steroid dienone is 4. The third kappa shape index (κ3) is 8.87. The summed E-state index contributed by atoms with van der Waals surface area (Å²) >= 11 is 0. The molecule has 8 atom stereocenters. The van der Waals surface area contributed by atoms with E-state index in [-0.39, 0.29) is 30.3 Å². The van der Waals surface area contributed by atoms with E-state index in [0.29, 0.717) is 24.3 Å². The number of benzene rings is 2. The number of aromatic nitrogens is 3. The van der Waals surface area contributed by atoms with Gasteiger partial charge >= 0.3 is 0 Å². The number of aliphatic hydroxyl groups is 6. The first kappa shape index (κ1) is 40.6. The lowest BCUT2D eigenvalue weighted by atomic mass is 9.82. The Kier molecular flexibility index (Phi) is 13.3. The normalized spacial score (nSPS) is 25.4. The molecular weight excluding hydrogens is 694 g/mol. The molecule has 2 aromatic carbocycles. The van der Waals surface area contributed by atoms with Gasteiger partial charge in [-0.3, -0.25) is 14.3 Å². The summed E-state index contributed by atoms with van der Waals surface area (Å²) < 4.78 is 6.75. The molecule has 2 amide bonds. The minimum absolute atomic E-state index is 0.116. The number of aryl methyl sites for hydroxylation is 1. The number of ether oxygens (including phenoxy) is 1. The third-order valence-corrected chi connectivity index (χ3v) is 10.0. The lowest BCUT2D eigenvalue weighted by molar-refractivity contribution is -0.274. The molecule has 54 heavy (non-hydrogen) atoms. The zero-order chi connectivity index (χ0) is 39.2. The molecule has 14 heteroatoms. The molecule has 290 valence electrons. The molecular formula is C40H51N5O9.